The van der Waals surface area contributed by atoms with E-state index in [1.165, 1.54) is 0 Å². The lowest BCUT2D eigenvalue weighted by molar-refractivity contribution is 0.522. The fourth-order valence-corrected chi connectivity index (χ4v) is 3.87. The quantitative estimate of drug-likeness (QED) is 0.434. The molecular formula is C5H15ClN2Si. The first-order chi connectivity index (χ1) is 4.09. The lowest BCUT2D eigenvalue weighted by Crippen LogP contribution is -2.47. The van der Waals surface area contributed by atoms with Crippen LogP contribution >= 0.6 is 11.6 Å². The van der Waals surface area contributed by atoms with Crippen molar-refractivity contribution in [2.24, 2.45) is 0 Å². The lowest BCUT2D eigenvalue weighted by atomic mass is 11.3. The Hall–Kier alpha value is 0.427. The molecule has 56 valence electrons. The molecule has 0 aromatic heterocycles. The minimum Gasteiger partial charge on any atom is -0.319 e. The van der Waals surface area contributed by atoms with Gasteiger partial charge in [-0.15, -0.1) is 11.6 Å². The number of rotatable bonds is 3. The summed E-state index contributed by atoms with van der Waals surface area (Å²) in [5.41, 5.74) is 0.792. The fraction of sp³-hybridized carbons (Fsp3) is 1.00. The van der Waals surface area contributed by atoms with Crippen molar-refractivity contribution in [1.29, 1.82) is 0 Å². The van der Waals surface area contributed by atoms with Crippen molar-refractivity contribution in [3.8, 4) is 0 Å². The molecule has 0 aromatic rings. The largest absolute Gasteiger partial charge is 0.319 e. The summed E-state index contributed by atoms with van der Waals surface area (Å²) in [5, 5.41) is 0. The summed E-state index contributed by atoms with van der Waals surface area (Å²) in [4.78, 5) is 0. The third-order valence-electron chi connectivity index (χ3n) is 1.33. The van der Waals surface area contributed by atoms with Crippen LogP contribution in [-0.2, 0) is 0 Å². The predicted molar refractivity (Wildman–Crippen MR) is 45.2 cm³/mol. The molecule has 9 heavy (non-hydrogen) atoms. The maximum Gasteiger partial charge on any atom is 0.204 e. The Kier molecular flexibility index (Phi) is 4.48. The van der Waals surface area contributed by atoms with Crippen molar-refractivity contribution in [3.05, 3.63) is 0 Å². The van der Waals surface area contributed by atoms with E-state index in [0.29, 0.717) is 0 Å². The maximum absolute atomic E-state index is 5.74. The molecule has 0 fully saturated rings. The smallest absolute Gasteiger partial charge is 0.204 e. The van der Waals surface area contributed by atoms with Crippen LogP contribution in [0.4, 0.5) is 0 Å². The normalized spacial score (nSPS) is 12.0. The van der Waals surface area contributed by atoms with Crippen LogP contribution in [0.25, 0.3) is 0 Å². The van der Waals surface area contributed by atoms with E-state index in [1.54, 1.807) is 0 Å². The van der Waals surface area contributed by atoms with E-state index >= 15 is 0 Å². The molecule has 0 saturated carbocycles. The first-order valence-corrected chi connectivity index (χ1v) is 5.36. The third-order valence-corrected chi connectivity index (χ3v) is 4.82. The molecule has 0 spiro atoms. The van der Waals surface area contributed by atoms with Gasteiger partial charge in [-0.3, -0.25) is 0 Å². The number of halogens is 1. The van der Waals surface area contributed by atoms with Gasteiger partial charge in [0.2, 0.25) is 9.12 Å². The van der Waals surface area contributed by atoms with Crippen molar-refractivity contribution in [2.45, 2.75) is 0 Å². The number of nitrogens with zero attached hydrogens (tertiary/aromatic N) is 2. The van der Waals surface area contributed by atoms with E-state index in [4.69, 9.17) is 11.6 Å². The van der Waals surface area contributed by atoms with Gasteiger partial charge in [0.15, 0.2) is 0 Å². The van der Waals surface area contributed by atoms with E-state index in [2.05, 4.69) is 37.3 Å². The second kappa shape index (κ2) is 4.28. The molecule has 0 rings (SSSR count). The SMILES string of the molecule is CN(C)[SiH](CCl)N(C)C. The van der Waals surface area contributed by atoms with Gasteiger partial charge in [0, 0.05) is 5.50 Å². The Bertz CT molecular complexity index is 69.4. The summed E-state index contributed by atoms with van der Waals surface area (Å²) in [6.45, 7) is 0. The van der Waals surface area contributed by atoms with Crippen LogP contribution < -0.4 is 0 Å². The minimum atomic E-state index is -0.927. The van der Waals surface area contributed by atoms with E-state index in [1.807, 2.05) is 0 Å². The Labute approximate surface area is 64.2 Å². The molecule has 0 heterocycles. The van der Waals surface area contributed by atoms with Gasteiger partial charge in [0.1, 0.15) is 0 Å². The highest BCUT2D eigenvalue weighted by Crippen LogP contribution is 1.93. The van der Waals surface area contributed by atoms with Crippen LogP contribution in [0.3, 0.4) is 0 Å². The average Bonchev–Trinajstić information content (AvgIpc) is 1.64. The Morgan fingerprint density at radius 2 is 1.44 bits per heavy atom. The third kappa shape index (κ3) is 3.20. The first-order valence-electron chi connectivity index (χ1n) is 2.98. The van der Waals surface area contributed by atoms with Crippen LogP contribution in [0.15, 0.2) is 0 Å². The van der Waals surface area contributed by atoms with Crippen molar-refractivity contribution >= 4 is 20.7 Å². The molecular weight excluding hydrogens is 152 g/mol. The first kappa shape index (κ1) is 9.43. The van der Waals surface area contributed by atoms with Gasteiger partial charge in [-0.2, -0.15) is 0 Å². The zero-order chi connectivity index (χ0) is 7.44. The highest BCUT2D eigenvalue weighted by atomic mass is 35.5. The molecule has 0 N–H and O–H groups in total. The predicted octanol–water partition coefficient (Wildman–Crippen LogP) is 0.108. The maximum atomic E-state index is 5.74. The molecule has 0 aliphatic carbocycles. The number of hydrogen-bond donors (Lipinski definition) is 0. The number of hydrogen-bond acceptors (Lipinski definition) is 2. The highest BCUT2D eigenvalue weighted by molar-refractivity contribution is 6.62. The van der Waals surface area contributed by atoms with Gasteiger partial charge >= 0.3 is 0 Å². The van der Waals surface area contributed by atoms with Crippen LogP contribution in [0.5, 0.6) is 0 Å². The second-order valence-corrected chi connectivity index (χ2v) is 6.82. The summed E-state index contributed by atoms with van der Waals surface area (Å²) in [6.07, 6.45) is 0. The molecule has 0 aromatic carbocycles. The van der Waals surface area contributed by atoms with Crippen molar-refractivity contribution in [3.63, 3.8) is 0 Å². The molecule has 0 radical (unpaired) electrons. The molecule has 2 nitrogen and oxygen atoms in total. The lowest BCUT2D eigenvalue weighted by Gasteiger charge is -2.26. The van der Waals surface area contributed by atoms with Gasteiger partial charge in [-0.25, -0.2) is 0 Å². The Morgan fingerprint density at radius 1 is 1.11 bits per heavy atom. The average molecular weight is 167 g/mol. The van der Waals surface area contributed by atoms with Gasteiger partial charge in [0.05, 0.1) is 0 Å². The van der Waals surface area contributed by atoms with Crippen LogP contribution in [0, 0.1) is 0 Å². The summed E-state index contributed by atoms with van der Waals surface area (Å²) in [6, 6.07) is 0. The molecule has 0 bridgehead atoms. The molecule has 0 unspecified atom stereocenters. The minimum absolute atomic E-state index is 0.792. The van der Waals surface area contributed by atoms with Crippen molar-refractivity contribution in [1.82, 2.24) is 9.13 Å². The van der Waals surface area contributed by atoms with Crippen LogP contribution in [-0.4, -0.2) is 51.9 Å². The summed E-state index contributed by atoms with van der Waals surface area (Å²) in [5.74, 6) is 0. The van der Waals surface area contributed by atoms with E-state index in [9.17, 15) is 0 Å². The van der Waals surface area contributed by atoms with Gasteiger partial charge < -0.3 is 9.13 Å². The summed E-state index contributed by atoms with van der Waals surface area (Å²) >= 11 is 5.74. The van der Waals surface area contributed by atoms with Gasteiger partial charge in [-0.05, 0) is 28.2 Å². The zero-order valence-electron chi connectivity index (χ0n) is 6.56. The topological polar surface area (TPSA) is 6.48 Å². The van der Waals surface area contributed by atoms with Crippen molar-refractivity contribution < 1.29 is 0 Å². The summed E-state index contributed by atoms with van der Waals surface area (Å²) < 4.78 is 4.46. The Balaban J connectivity index is 3.68. The zero-order valence-corrected chi connectivity index (χ0v) is 8.47. The molecule has 0 aliphatic rings. The molecule has 0 atom stereocenters. The second-order valence-electron chi connectivity index (χ2n) is 2.56. The molecule has 4 heteroatoms. The molecule has 0 amide bonds. The van der Waals surface area contributed by atoms with E-state index in [-0.39, 0.29) is 0 Å². The monoisotopic (exact) mass is 166 g/mol. The van der Waals surface area contributed by atoms with Crippen LogP contribution in [0.2, 0.25) is 0 Å². The Morgan fingerprint density at radius 3 is 1.44 bits per heavy atom. The molecule has 0 aliphatic heterocycles. The highest BCUT2D eigenvalue weighted by Gasteiger charge is 2.13. The number of alkyl halides is 1. The standard InChI is InChI=1S/C5H15ClN2Si/c1-7(2)9(5-6)8(3)4/h9H,5H2,1-4H3. The van der Waals surface area contributed by atoms with Gasteiger partial charge in [0.25, 0.3) is 0 Å². The van der Waals surface area contributed by atoms with Crippen LogP contribution in [0.1, 0.15) is 0 Å². The van der Waals surface area contributed by atoms with E-state index < -0.39 is 9.12 Å². The fourth-order valence-electron chi connectivity index (χ4n) is 0.738. The summed E-state index contributed by atoms with van der Waals surface area (Å²) in [7, 11) is 7.40. The van der Waals surface area contributed by atoms with Gasteiger partial charge in [-0.1, -0.05) is 0 Å². The van der Waals surface area contributed by atoms with Crippen molar-refractivity contribution in [2.75, 3.05) is 33.7 Å². The van der Waals surface area contributed by atoms with E-state index in [0.717, 1.165) is 5.50 Å². The molecule has 0 saturated heterocycles.